The minimum atomic E-state index is 1.10. The van der Waals surface area contributed by atoms with Crippen molar-refractivity contribution in [1.29, 1.82) is 0 Å². The maximum absolute atomic E-state index is 3.51. The summed E-state index contributed by atoms with van der Waals surface area (Å²) in [6.07, 6.45) is 10.9. The van der Waals surface area contributed by atoms with Crippen LogP contribution in [-0.2, 0) is 0 Å². The molecule has 0 bridgehead atoms. The van der Waals surface area contributed by atoms with E-state index in [1.165, 1.54) is 0 Å². The van der Waals surface area contributed by atoms with Crippen LogP contribution >= 0.6 is 0 Å². The molecule has 0 N–H and O–H groups in total. The molecule has 0 fully saturated rings. The van der Waals surface area contributed by atoms with Gasteiger partial charge in [0, 0.05) is 0 Å². The van der Waals surface area contributed by atoms with E-state index < -0.39 is 0 Å². The molecule has 0 heteroatoms. The summed E-state index contributed by atoms with van der Waals surface area (Å²) >= 11 is 0. The summed E-state index contributed by atoms with van der Waals surface area (Å²) in [6.45, 7) is 9.61. The van der Waals surface area contributed by atoms with Gasteiger partial charge in [0.1, 0.15) is 0 Å². The molecule has 0 aliphatic rings. The number of hydrogen-bond acceptors (Lipinski definition) is 0. The Morgan fingerprint density at radius 2 is 1.70 bits per heavy atom. The third kappa shape index (κ3) is 26.9. The molecule has 0 atom stereocenters. The summed E-state index contributed by atoms with van der Waals surface area (Å²) in [5.74, 6) is 0. The molecule has 0 heterocycles. The normalized spacial score (nSPS) is 9.50. The lowest BCUT2D eigenvalue weighted by atomic mass is 10.4. The molecule has 0 radical (unpaired) electrons. The van der Waals surface area contributed by atoms with E-state index in [0.717, 1.165) is 6.42 Å². The fraction of sp³-hybridized carbons (Fsp3) is 0.400. The zero-order chi connectivity index (χ0) is 8.24. The fourth-order valence-electron chi connectivity index (χ4n) is 0.232. The Kier molecular flexibility index (Phi) is 18.8. The summed E-state index contributed by atoms with van der Waals surface area (Å²) in [4.78, 5) is 0. The van der Waals surface area contributed by atoms with E-state index in [0.29, 0.717) is 0 Å². The highest BCUT2D eigenvalue weighted by molar-refractivity contribution is 4.96. The number of rotatable bonds is 2. The third-order valence-electron chi connectivity index (χ3n) is 0.841. The standard InChI is InChI=1S/C6H10.C4H8/c1-3-5-6-4-2;1-3-4-2/h3,5-6H,1,4H2,2H3;3-4H,1-2H3/b6-5+;4-3-. The smallest absolute Gasteiger partial charge is 0.0376 e. The van der Waals surface area contributed by atoms with Gasteiger partial charge >= 0.3 is 0 Å². The molecule has 0 unspecified atom stereocenters. The average molecular weight is 138 g/mol. The summed E-state index contributed by atoms with van der Waals surface area (Å²) in [5.41, 5.74) is 0. The van der Waals surface area contributed by atoms with Gasteiger partial charge in [-0.1, -0.05) is 43.9 Å². The van der Waals surface area contributed by atoms with Crippen LogP contribution in [0.5, 0.6) is 0 Å². The monoisotopic (exact) mass is 138 g/mol. The van der Waals surface area contributed by atoms with Crippen molar-refractivity contribution < 1.29 is 0 Å². The van der Waals surface area contributed by atoms with Crippen LogP contribution in [0.3, 0.4) is 0 Å². The molecule has 0 saturated carbocycles. The Balaban J connectivity index is 0. The lowest BCUT2D eigenvalue weighted by molar-refractivity contribution is 1.22. The second kappa shape index (κ2) is 15.7. The van der Waals surface area contributed by atoms with Gasteiger partial charge in [-0.3, -0.25) is 0 Å². The minimum absolute atomic E-state index is 1.10. The zero-order valence-corrected chi connectivity index (χ0v) is 7.30. The van der Waals surface area contributed by atoms with Crippen molar-refractivity contribution in [2.75, 3.05) is 0 Å². The zero-order valence-electron chi connectivity index (χ0n) is 7.30. The van der Waals surface area contributed by atoms with Crippen molar-refractivity contribution in [3.05, 3.63) is 37.0 Å². The maximum atomic E-state index is 3.51. The van der Waals surface area contributed by atoms with E-state index in [4.69, 9.17) is 0 Å². The highest BCUT2D eigenvalue weighted by Gasteiger charge is 1.55. The number of hydrogen-bond donors (Lipinski definition) is 0. The first kappa shape index (κ1) is 12.0. The van der Waals surface area contributed by atoms with Crippen molar-refractivity contribution in [2.45, 2.75) is 27.2 Å². The summed E-state index contributed by atoms with van der Waals surface area (Å²) in [6, 6.07) is 0. The lowest BCUT2D eigenvalue weighted by Crippen LogP contribution is -1.46. The molecule has 10 heavy (non-hydrogen) atoms. The molecular weight excluding hydrogens is 120 g/mol. The van der Waals surface area contributed by atoms with Gasteiger partial charge in [0.15, 0.2) is 0 Å². The van der Waals surface area contributed by atoms with Gasteiger partial charge in [-0.15, -0.1) is 0 Å². The van der Waals surface area contributed by atoms with Crippen molar-refractivity contribution in [2.24, 2.45) is 0 Å². The highest BCUT2D eigenvalue weighted by atomic mass is 13.6. The second-order valence-electron chi connectivity index (χ2n) is 1.74. The SMILES string of the molecule is C/C=C\C.C=C/C=C/CC. The summed E-state index contributed by atoms with van der Waals surface area (Å²) in [7, 11) is 0. The largest absolute Gasteiger partial charge is 0.0991 e. The maximum Gasteiger partial charge on any atom is -0.0376 e. The second-order valence-corrected chi connectivity index (χ2v) is 1.74. The van der Waals surface area contributed by atoms with Crippen LogP contribution in [-0.4, -0.2) is 0 Å². The van der Waals surface area contributed by atoms with Gasteiger partial charge in [0.2, 0.25) is 0 Å². The average Bonchev–Trinajstić information content (AvgIpc) is 2.01. The van der Waals surface area contributed by atoms with Gasteiger partial charge in [-0.25, -0.2) is 0 Å². The predicted molar refractivity (Wildman–Crippen MR) is 50.1 cm³/mol. The molecule has 0 aromatic carbocycles. The molecule has 58 valence electrons. The Hall–Kier alpha value is -0.780. The Morgan fingerprint density at radius 1 is 1.20 bits per heavy atom. The van der Waals surface area contributed by atoms with Gasteiger partial charge in [0.25, 0.3) is 0 Å². The van der Waals surface area contributed by atoms with Crippen molar-refractivity contribution in [3.63, 3.8) is 0 Å². The predicted octanol–water partition coefficient (Wildman–Crippen LogP) is 3.72. The molecule has 0 aliphatic carbocycles. The van der Waals surface area contributed by atoms with Crippen LogP contribution in [0, 0.1) is 0 Å². The summed E-state index contributed by atoms with van der Waals surface area (Å²) in [5, 5.41) is 0. The highest BCUT2D eigenvalue weighted by Crippen LogP contribution is 1.76. The Labute approximate surface area is 65.0 Å². The van der Waals surface area contributed by atoms with Gasteiger partial charge in [0.05, 0.1) is 0 Å². The van der Waals surface area contributed by atoms with Crippen molar-refractivity contribution in [1.82, 2.24) is 0 Å². The Bertz CT molecular complexity index is 92.6. The molecule has 0 aliphatic heterocycles. The summed E-state index contributed by atoms with van der Waals surface area (Å²) < 4.78 is 0. The van der Waals surface area contributed by atoms with Crippen LogP contribution < -0.4 is 0 Å². The van der Waals surface area contributed by atoms with E-state index in [1.807, 2.05) is 32.1 Å². The first-order chi connectivity index (χ1) is 4.83. The molecule has 0 aromatic rings. The van der Waals surface area contributed by atoms with Crippen LogP contribution in [0.4, 0.5) is 0 Å². The van der Waals surface area contributed by atoms with E-state index in [1.54, 1.807) is 6.08 Å². The molecule has 0 rings (SSSR count). The van der Waals surface area contributed by atoms with Crippen LogP contribution in [0.2, 0.25) is 0 Å². The first-order valence-electron chi connectivity index (χ1n) is 3.68. The molecular formula is C10H18. The minimum Gasteiger partial charge on any atom is -0.0991 e. The third-order valence-corrected chi connectivity index (χ3v) is 0.841. The van der Waals surface area contributed by atoms with E-state index in [9.17, 15) is 0 Å². The number of allylic oxidation sites excluding steroid dienone is 5. The molecule has 0 aromatic heterocycles. The molecule has 0 amide bonds. The molecule has 0 nitrogen and oxygen atoms in total. The molecule has 0 spiro atoms. The van der Waals surface area contributed by atoms with Gasteiger partial charge in [-0.2, -0.15) is 0 Å². The van der Waals surface area contributed by atoms with Crippen molar-refractivity contribution in [3.8, 4) is 0 Å². The van der Waals surface area contributed by atoms with E-state index in [-0.39, 0.29) is 0 Å². The van der Waals surface area contributed by atoms with Crippen LogP contribution in [0.25, 0.3) is 0 Å². The van der Waals surface area contributed by atoms with E-state index >= 15 is 0 Å². The van der Waals surface area contributed by atoms with Crippen LogP contribution in [0.15, 0.2) is 37.0 Å². The van der Waals surface area contributed by atoms with E-state index in [2.05, 4.69) is 19.6 Å². The van der Waals surface area contributed by atoms with Gasteiger partial charge in [-0.05, 0) is 20.3 Å². The quantitative estimate of drug-likeness (QED) is 0.403. The first-order valence-corrected chi connectivity index (χ1v) is 3.68. The fourth-order valence-corrected chi connectivity index (χ4v) is 0.232. The molecule has 0 saturated heterocycles. The van der Waals surface area contributed by atoms with Crippen molar-refractivity contribution >= 4 is 0 Å². The van der Waals surface area contributed by atoms with Gasteiger partial charge < -0.3 is 0 Å². The van der Waals surface area contributed by atoms with Crippen LogP contribution in [0.1, 0.15) is 27.2 Å². The Morgan fingerprint density at radius 3 is 1.80 bits per heavy atom. The topological polar surface area (TPSA) is 0 Å². The lowest BCUT2D eigenvalue weighted by Gasteiger charge is -1.67.